The van der Waals surface area contributed by atoms with E-state index in [1.165, 1.54) is 24.3 Å². The number of hydrogen-bond acceptors (Lipinski definition) is 7. The van der Waals surface area contributed by atoms with Gasteiger partial charge in [0.25, 0.3) is 11.5 Å². The summed E-state index contributed by atoms with van der Waals surface area (Å²) in [5, 5.41) is 10.4. The van der Waals surface area contributed by atoms with E-state index in [2.05, 4.69) is 44.8 Å². The number of pyridine rings is 1. The molecule has 2 aliphatic rings. The van der Waals surface area contributed by atoms with Crippen molar-refractivity contribution in [3.05, 3.63) is 74.5 Å². The molecule has 0 atom stereocenters. The van der Waals surface area contributed by atoms with Crippen LogP contribution in [0.3, 0.4) is 0 Å². The van der Waals surface area contributed by atoms with E-state index in [-0.39, 0.29) is 18.0 Å². The minimum Gasteiger partial charge on any atom is -0.496 e. The zero-order valence-corrected chi connectivity index (χ0v) is 18.8. The number of fused-ring (bicyclic) bond motifs is 2. The average molecular weight is 450 g/mol. The number of hydrogen-bond donors (Lipinski definition) is 1. The summed E-state index contributed by atoms with van der Waals surface area (Å²) in [5.41, 5.74) is 4.97. The second-order valence-corrected chi connectivity index (χ2v) is 8.62. The molecule has 0 saturated heterocycles. The number of amides is 1. The average Bonchev–Trinajstić information content (AvgIpc) is 3.36. The number of ether oxygens (including phenoxy) is 1. The smallest absolute Gasteiger partial charge is 0.257 e. The van der Waals surface area contributed by atoms with Crippen molar-refractivity contribution in [3.63, 3.8) is 0 Å². The fourth-order valence-electron chi connectivity index (χ4n) is 4.99. The normalized spacial score (nSPS) is 16.2. The van der Waals surface area contributed by atoms with Gasteiger partial charge in [0.1, 0.15) is 22.7 Å². The number of rotatable bonds is 5. The van der Waals surface area contributed by atoms with Crippen LogP contribution >= 0.6 is 0 Å². The minimum absolute atomic E-state index is 0.147. The predicted octanol–water partition coefficient (Wildman–Crippen LogP) is 1.50. The van der Waals surface area contributed by atoms with Crippen LogP contribution in [0.4, 0.5) is 0 Å². The summed E-state index contributed by atoms with van der Waals surface area (Å²) in [7, 11) is 1.48. The van der Waals surface area contributed by atoms with Gasteiger partial charge < -0.3 is 14.6 Å². The van der Waals surface area contributed by atoms with E-state index in [9.17, 15) is 9.59 Å². The zero-order valence-electron chi connectivity index (χ0n) is 18.8. The lowest BCUT2D eigenvalue weighted by atomic mass is 10.1. The Hall–Kier alpha value is -3.46. The summed E-state index contributed by atoms with van der Waals surface area (Å²) in [6, 6.07) is 10.4. The van der Waals surface area contributed by atoms with Gasteiger partial charge in [-0.3, -0.25) is 14.5 Å². The van der Waals surface area contributed by atoms with Gasteiger partial charge in [-0.2, -0.15) is 0 Å². The number of nitrogens with zero attached hydrogens (tertiary/aromatic N) is 4. The molecule has 1 amide bonds. The maximum absolute atomic E-state index is 13.2. The molecule has 9 nitrogen and oxygen atoms in total. The van der Waals surface area contributed by atoms with Crippen LogP contribution in [0, 0.1) is 6.92 Å². The van der Waals surface area contributed by atoms with Crippen molar-refractivity contribution in [2.45, 2.75) is 45.3 Å². The molecule has 172 valence electrons. The van der Waals surface area contributed by atoms with Gasteiger partial charge in [0.15, 0.2) is 0 Å². The first-order valence-electron chi connectivity index (χ1n) is 11.2. The Morgan fingerprint density at radius 2 is 1.94 bits per heavy atom. The van der Waals surface area contributed by atoms with Crippen LogP contribution in [0.2, 0.25) is 0 Å². The van der Waals surface area contributed by atoms with Gasteiger partial charge in [-0.15, -0.1) is 0 Å². The highest BCUT2D eigenvalue weighted by Gasteiger charge is 2.30. The third-order valence-corrected chi connectivity index (χ3v) is 6.78. The second kappa shape index (κ2) is 8.82. The number of methoxy groups -OCH3 is 1. The molecular weight excluding hydrogens is 422 g/mol. The summed E-state index contributed by atoms with van der Waals surface area (Å²) in [4.78, 5) is 28.5. The highest BCUT2D eigenvalue weighted by molar-refractivity contribution is 5.98. The molecule has 0 radical (unpaired) electrons. The largest absolute Gasteiger partial charge is 0.496 e. The molecule has 1 aliphatic heterocycles. The fraction of sp³-hybridized carbons (Fsp3) is 0.417. The quantitative estimate of drug-likeness (QED) is 0.630. The molecule has 0 unspecified atom stereocenters. The second-order valence-electron chi connectivity index (χ2n) is 8.62. The summed E-state index contributed by atoms with van der Waals surface area (Å²) in [5.74, 6) is -0.0137. The van der Waals surface area contributed by atoms with E-state index >= 15 is 0 Å². The third kappa shape index (κ3) is 4.04. The number of carbonyl (C=O) groups is 1. The first kappa shape index (κ1) is 21.4. The van der Waals surface area contributed by atoms with Crippen LogP contribution in [-0.4, -0.2) is 51.9 Å². The minimum atomic E-state index is -0.306. The maximum atomic E-state index is 13.2. The van der Waals surface area contributed by atoms with E-state index in [4.69, 9.17) is 9.37 Å². The molecule has 0 bridgehead atoms. The molecule has 3 heterocycles. The van der Waals surface area contributed by atoms with Gasteiger partial charge in [0.05, 0.1) is 13.7 Å². The van der Waals surface area contributed by atoms with E-state index in [1.54, 1.807) is 11.5 Å². The van der Waals surface area contributed by atoms with Crippen LogP contribution in [0.25, 0.3) is 0 Å². The molecule has 0 saturated carbocycles. The fourth-order valence-corrected chi connectivity index (χ4v) is 4.99. The van der Waals surface area contributed by atoms with Crippen molar-refractivity contribution in [1.82, 2.24) is 25.1 Å². The molecular formula is C24H27N5O4. The van der Waals surface area contributed by atoms with E-state index < -0.39 is 0 Å². The van der Waals surface area contributed by atoms with Crippen molar-refractivity contribution in [2.24, 2.45) is 0 Å². The molecule has 2 aromatic heterocycles. The van der Waals surface area contributed by atoms with Crippen molar-refractivity contribution in [1.29, 1.82) is 0 Å². The van der Waals surface area contributed by atoms with E-state index in [0.717, 1.165) is 25.9 Å². The topological polar surface area (TPSA) is 102 Å². The number of aromatic nitrogens is 3. The highest BCUT2D eigenvalue weighted by atomic mass is 16.6. The molecule has 1 aromatic carbocycles. The molecule has 0 spiro atoms. The number of aryl methyl sites for hydroxylation is 1. The molecule has 9 heteroatoms. The monoisotopic (exact) mass is 449 g/mol. The standard InChI is InChI=1S/C24H27N5O4/c1-15-19(27-33-26-15)14-25-24(31)23-20-7-8-28(9-10-29(20)22(30)13-21(23)32-2)18-11-16-5-3-4-6-17(16)12-18/h3-6,13,18H,7-12,14H2,1-2H3,(H,25,31). The molecule has 0 fully saturated rings. The number of carbonyl (C=O) groups excluding carboxylic acids is 1. The van der Waals surface area contributed by atoms with Crippen molar-refractivity contribution < 1.29 is 14.2 Å². The lowest BCUT2D eigenvalue weighted by Crippen LogP contribution is -2.38. The van der Waals surface area contributed by atoms with Crippen LogP contribution < -0.4 is 15.6 Å². The Kier molecular flexibility index (Phi) is 5.72. The number of nitrogens with one attached hydrogen (secondary N) is 1. The van der Waals surface area contributed by atoms with Crippen molar-refractivity contribution in [2.75, 3.05) is 20.2 Å². The molecule has 1 N–H and O–H groups in total. The lowest BCUT2D eigenvalue weighted by Gasteiger charge is -2.26. The van der Waals surface area contributed by atoms with Crippen LogP contribution in [0.15, 0.2) is 39.8 Å². The third-order valence-electron chi connectivity index (χ3n) is 6.78. The molecule has 33 heavy (non-hydrogen) atoms. The van der Waals surface area contributed by atoms with Gasteiger partial charge in [0.2, 0.25) is 0 Å². The Bertz CT molecular complexity index is 1220. The van der Waals surface area contributed by atoms with Gasteiger partial charge >= 0.3 is 0 Å². The molecule has 5 rings (SSSR count). The predicted molar refractivity (Wildman–Crippen MR) is 120 cm³/mol. The Morgan fingerprint density at radius 3 is 2.61 bits per heavy atom. The summed E-state index contributed by atoms with van der Waals surface area (Å²) in [6.07, 6.45) is 2.62. The van der Waals surface area contributed by atoms with Crippen LogP contribution in [0.5, 0.6) is 5.75 Å². The highest BCUT2D eigenvalue weighted by Crippen LogP contribution is 2.28. The van der Waals surface area contributed by atoms with Gasteiger partial charge in [-0.05, 0) is 30.9 Å². The van der Waals surface area contributed by atoms with Crippen molar-refractivity contribution >= 4 is 5.91 Å². The maximum Gasteiger partial charge on any atom is 0.257 e. The summed E-state index contributed by atoms with van der Waals surface area (Å²) in [6.45, 7) is 4.03. The first-order chi connectivity index (χ1) is 16.0. The Labute approximate surface area is 191 Å². The van der Waals surface area contributed by atoms with Gasteiger partial charge in [0, 0.05) is 43.9 Å². The Balaban J connectivity index is 1.39. The number of benzene rings is 1. The first-order valence-corrected chi connectivity index (χ1v) is 11.2. The van der Waals surface area contributed by atoms with Crippen LogP contribution in [-0.2, 0) is 32.4 Å². The molecule has 1 aliphatic carbocycles. The van der Waals surface area contributed by atoms with E-state index in [1.807, 2.05) is 0 Å². The van der Waals surface area contributed by atoms with E-state index in [0.29, 0.717) is 47.4 Å². The van der Waals surface area contributed by atoms with Gasteiger partial charge in [-0.1, -0.05) is 34.6 Å². The summed E-state index contributed by atoms with van der Waals surface area (Å²) < 4.78 is 11.9. The zero-order chi connectivity index (χ0) is 22.9. The van der Waals surface area contributed by atoms with Crippen LogP contribution in [0.1, 0.15) is 38.6 Å². The molecule has 3 aromatic rings. The SMILES string of the molecule is COc1cc(=O)n2c(c1C(=O)NCc1nonc1C)CCN(C1Cc3ccccc3C1)CC2. The Morgan fingerprint density at radius 1 is 1.18 bits per heavy atom. The lowest BCUT2D eigenvalue weighted by molar-refractivity contribution is 0.0944. The van der Waals surface area contributed by atoms with Crippen molar-refractivity contribution in [3.8, 4) is 5.75 Å². The van der Waals surface area contributed by atoms with Gasteiger partial charge in [-0.25, -0.2) is 4.63 Å². The summed E-state index contributed by atoms with van der Waals surface area (Å²) >= 11 is 0.